The molecule has 1 aliphatic heterocycles. The van der Waals surface area contributed by atoms with Crippen molar-refractivity contribution in [3.05, 3.63) is 58.7 Å². The Balaban J connectivity index is 1.69. The minimum absolute atomic E-state index is 0.0948. The smallest absolute Gasteiger partial charge is 0.274 e. The Kier molecular flexibility index (Phi) is 4.30. The number of fused-ring (bicyclic) bond motifs is 1. The number of hydrogen-bond donors (Lipinski definition) is 1. The molecule has 0 unspecified atom stereocenters. The fourth-order valence-corrected chi connectivity index (χ4v) is 3.84. The van der Waals surface area contributed by atoms with Crippen LogP contribution in [0.25, 0.3) is 10.4 Å². The van der Waals surface area contributed by atoms with E-state index in [1.807, 2.05) is 25.1 Å². The predicted octanol–water partition coefficient (Wildman–Crippen LogP) is 3.25. The zero-order valence-corrected chi connectivity index (χ0v) is 15.0. The maximum absolute atomic E-state index is 12.7. The van der Waals surface area contributed by atoms with Crippen molar-refractivity contribution in [1.29, 1.82) is 0 Å². The van der Waals surface area contributed by atoms with Gasteiger partial charge >= 0.3 is 0 Å². The molecule has 26 heavy (non-hydrogen) atoms. The summed E-state index contributed by atoms with van der Waals surface area (Å²) in [4.78, 5) is 16.6. The fourth-order valence-electron chi connectivity index (χ4n) is 2.98. The number of carbonyl (C=O) groups excluding carboxylic acids is 1. The average Bonchev–Trinajstić information content (AvgIpc) is 2.97. The van der Waals surface area contributed by atoms with Gasteiger partial charge in [0.25, 0.3) is 5.91 Å². The third kappa shape index (κ3) is 3.13. The van der Waals surface area contributed by atoms with E-state index in [1.54, 1.807) is 34.4 Å². The Morgan fingerprint density at radius 3 is 2.92 bits per heavy atom. The van der Waals surface area contributed by atoms with Gasteiger partial charge < -0.3 is 14.7 Å². The topological polar surface area (TPSA) is 75.5 Å². The van der Waals surface area contributed by atoms with Crippen molar-refractivity contribution < 1.29 is 14.6 Å². The molecule has 1 aromatic carbocycles. The molecule has 4 rings (SSSR count). The molecule has 0 spiro atoms. The molecule has 2 aromatic heterocycles. The van der Waals surface area contributed by atoms with Gasteiger partial charge in [0.15, 0.2) is 17.2 Å². The monoisotopic (exact) mass is 367 g/mol. The highest BCUT2D eigenvalue weighted by Crippen LogP contribution is 2.39. The molecule has 0 fully saturated rings. The third-order valence-electron chi connectivity index (χ3n) is 4.22. The summed E-state index contributed by atoms with van der Waals surface area (Å²) in [5, 5.41) is 18.1. The zero-order valence-electron chi connectivity index (χ0n) is 14.2. The Morgan fingerprint density at radius 2 is 2.19 bits per heavy atom. The first-order chi connectivity index (χ1) is 12.6. The van der Waals surface area contributed by atoms with Crippen LogP contribution in [-0.2, 0) is 6.54 Å². The van der Waals surface area contributed by atoms with Crippen LogP contribution in [0.3, 0.4) is 0 Å². The van der Waals surface area contributed by atoms with E-state index in [9.17, 15) is 9.90 Å². The highest BCUT2D eigenvalue weighted by Gasteiger charge is 2.24. The van der Waals surface area contributed by atoms with Gasteiger partial charge in [-0.25, -0.2) is 0 Å². The van der Waals surface area contributed by atoms with Crippen LogP contribution < -0.4 is 4.74 Å². The molecule has 3 aromatic rings. The largest absolute Gasteiger partial charge is 0.504 e. The Labute approximate surface area is 154 Å². The van der Waals surface area contributed by atoms with Gasteiger partial charge in [-0.3, -0.25) is 4.79 Å². The lowest BCUT2D eigenvalue weighted by molar-refractivity contribution is 0.0726. The van der Waals surface area contributed by atoms with E-state index in [0.717, 1.165) is 16.0 Å². The summed E-state index contributed by atoms with van der Waals surface area (Å²) in [7, 11) is 0. The first-order valence-corrected chi connectivity index (χ1v) is 9.06. The van der Waals surface area contributed by atoms with Gasteiger partial charge in [0, 0.05) is 28.1 Å². The standard InChI is InChI=1S/C19H17N3O3S/c1-12-4-5-17(26-12)13-9-14-11-22(7-8-25-18(14)16(23)10-13)19(24)15-3-2-6-20-21-15/h2-6,9-10,23H,7-8,11H2,1H3. The van der Waals surface area contributed by atoms with Crippen LogP contribution in [-0.4, -0.2) is 39.3 Å². The lowest BCUT2D eigenvalue weighted by atomic mass is 10.1. The molecular formula is C19H17N3O3S. The van der Waals surface area contributed by atoms with Crippen LogP contribution in [0.1, 0.15) is 20.9 Å². The summed E-state index contributed by atoms with van der Waals surface area (Å²) in [6, 6.07) is 11.1. The molecule has 0 aliphatic carbocycles. The normalized spacial score (nSPS) is 13.7. The van der Waals surface area contributed by atoms with Gasteiger partial charge in [0.1, 0.15) is 6.61 Å². The maximum atomic E-state index is 12.7. The van der Waals surface area contributed by atoms with Crippen molar-refractivity contribution in [3.63, 3.8) is 0 Å². The van der Waals surface area contributed by atoms with Gasteiger partial charge in [-0.1, -0.05) is 0 Å². The number of aromatic hydroxyl groups is 1. The average molecular weight is 367 g/mol. The van der Waals surface area contributed by atoms with Gasteiger partial charge in [-0.05, 0) is 48.9 Å². The van der Waals surface area contributed by atoms with Crippen LogP contribution >= 0.6 is 11.3 Å². The first-order valence-electron chi connectivity index (χ1n) is 8.24. The van der Waals surface area contributed by atoms with Gasteiger partial charge in [0.2, 0.25) is 0 Å². The summed E-state index contributed by atoms with van der Waals surface area (Å²) in [6.45, 7) is 3.11. The molecule has 7 heteroatoms. The van der Waals surface area contributed by atoms with Gasteiger partial charge in [-0.15, -0.1) is 16.4 Å². The van der Waals surface area contributed by atoms with Crippen LogP contribution in [0.15, 0.2) is 42.6 Å². The first kappa shape index (κ1) is 16.5. The number of phenols is 1. The third-order valence-corrected chi connectivity index (χ3v) is 5.27. The molecule has 0 saturated carbocycles. The van der Waals surface area contributed by atoms with Crippen molar-refractivity contribution in [2.45, 2.75) is 13.5 Å². The number of nitrogens with zero attached hydrogens (tertiary/aromatic N) is 3. The number of ether oxygens (including phenoxy) is 1. The number of hydrogen-bond acceptors (Lipinski definition) is 6. The molecule has 1 N–H and O–H groups in total. The van der Waals surface area contributed by atoms with Crippen molar-refractivity contribution in [2.24, 2.45) is 0 Å². The van der Waals surface area contributed by atoms with E-state index in [0.29, 0.717) is 31.1 Å². The van der Waals surface area contributed by atoms with Crippen LogP contribution in [0.2, 0.25) is 0 Å². The molecule has 0 radical (unpaired) electrons. The molecule has 1 aliphatic rings. The minimum atomic E-state index is -0.202. The molecule has 0 bridgehead atoms. The van der Waals surface area contributed by atoms with Crippen molar-refractivity contribution >= 4 is 17.2 Å². The lowest BCUT2D eigenvalue weighted by Crippen LogP contribution is -2.33. The Hall–Kier alpha value is -2.93. The second kappa shape index (κ2) is 6.76. The second-order valence-corrected chi connectivity index (χ2v) is 7.37. The second-order valence-electron chi connectivity index (χ2n) is 6.08. The molecule has 0 atom stereocenters. The number of thiophene rings is 1. The number of aryl methyl sites for hydroxylation is 1. The highest BCUT2D eigenvalue weighted by atomic mass is 32.1. The SMILES string of the molecule is Cc1ccc(-c2cc(O)c3c(c2)CN(C(=O)c2cccnn2)CCO3)s1. The Bertz CT molecular complexity index is 956. The van der Waals surface area contributed by atoms with Crippen molar-refractivity contribution in [2.75, 3.05) is 13.2 Å². The van der Waals surface area contributed by atoms with Crippen LogP contribution in [0.4, 0.5) is 0 Å². The summed E-state index contributed by atoms with van der Waals surface area (Å²) in [5.41, 5.74) is 1.99. The fraction of sp³-hybridized carbons (Fsp3) is 0.211. The summed E-state index contributed by atoms with van der Waals surface area (Å²) < 4.78 is 5.72. The number of aromatic nitrogens is 2. The van der Waals surface area contributed by atoms with E-state index in [-0.39, 0.29) is 11.7 Å². The van der Waals surface area contributed by atoms with Crippen LogP contribution in [0.5, 0.6) is 11.5 Å². The molecular weight excluding hydrogens is 350 g/mol. The van der Waals surface area contributed by atoms with E-state index in [4.69, 9.17) is 4.74 Å². The number of rotatable bonds is 2. The van der Waals surface area contributed by atoms with E-state index in [1.165, 1.54) is 11.1 Å². The molecule has 1 amide bonds. The maximum Gasteiger partial charge on any atom is 0.274 e. The van der Waals surface area contributed by atoms with Gasteiger partial charge in [0.05, 0.1) is 6.54 Å². The predicted molar refractivity (Wildman–Crippen MR) is 98.4 cm³/mol. The Morgan fingerprint density at radius 1 is 1.31 bits per heavy atom. The summed E-state index contributed by atoms with van der Waals surface area (Å²) in [5.74, 6) is 0.334. The molecule has 6 nitrogen and oxygen atoms in total. The number of carbonyl (C=O) groups is 1. The lowest BCUT2D eigenvalue weighted by Gasteiger charge is -2.19. The summed E-state index contributed by atoms with van der Waals surface area (Å²) in [6.07, 6.45) is 1.53. The number of benzene rings is 1. The zero-order chi connectivity index (χ0) is 18.1. The molecule has 132 valence electrons. The van der Waals surface area contributed by atoms with Crippen LogP contribution in [0, 0.1) is 6.92 Å². The molecule has 3 heterocycles. The highest BCUT2D eigenvalue weighted by molar-refractivity contribution is 7.15. The minimum Gasteiger partial charge on any atom is -0.504 e. The van der Waals surface area contributed by atoms with Gasteiger partial charge in [-0.2, -0.15) is 5.10 Å². The van der Waals surface area contributed by atoms with Crippen molar-refractivity contribution in [1.82, 2.24) is 15.1 Å². The van der Waals surface area contributed by atoms with E-state index in [2.05, 4.69) is 10.2 Å². The number of phenolic OH excluding ortho intramolecular Hbond substituents is 1. The van der Waals surface area contributed by atoms with E-state index < -0.39 is 0 Å². The molecule has 0 saturated heterocycles. The van der Waals surface area contributed by atoms with Crippen molar-refractivity contribution in [3.8, 4) is 21.9 Å². The van der Waals surface area contributed by atoms with E-state index >= 15 is 0 Å². The summed E-state index contributed by atoms with van der Waals surface area (Å²) >= 11 is 1.66. The number of amides is 1. The quantitative estimate of drug-likeness (QED) is 0.752.